The fourth-order valence-electron chi connectivity index (χ4n) is 9.40. The maximum Gasteiger partial charge on any atom is 0.309 e. The summed E-state index contributed by atoms with van der Waals surface area (Å²) >= 11 is 12.5. The highest BCUT2D eigenvalue weighted by Gasteiger charge is 2.77. The van der Waals surface area contributed by atoms with E-state index in [0.717, 1.165) is 0 Å². The molecule has 3 heterocycles. The van der Waals surface area contributed by atoms with Crippen molar-refractivity contribution in [3.8, 4) is 0 Å². The quantitative estimate of drug-likeness (QED) is 0.346. The first-order chi connectivity index (χ1) is 19.8. The number of halogens is 3. The zero-order valence-electron chi connectivity index (χ0n) is 23.5. The Morgan fingerprint density at radius 2 is 1.76 bits per heavy atom. The van der Waals surface area contributed by atoms with Crippen LogP contribution in [0, 0.1) is 16.6 Å². The van der Waals surface area contributed by atoms with Crippen molar-refractivity contribution in [2.75, 3.05) is 5.32 Å². The van der Waals surface area contributed by atoms with Crippen LogP contribution in [0.5, 0.6) is 0 Å². The summed E-state index contributed by atoms with van der Waals surface area (Å²) in [6.45, 7) is 4.23. The maximum atomic E-state index is 16.0. The van der Waals surface area contributed by atoms with Gasteiger partial charge >= 0.3 is 5.97 Å². The molecule has 2 amide bonds. The van der Waals surface area contributed by atoms with Crippen LogP contribution in [0.15, 0.2) is 30.5 Å². The van der Waals surface area contributed by atoms with Crippen molar-refractivity contribution in [1.29, 1.82) is 0 Å². The molecule has 2 spiro atoms. The highest BCUT2D eigenvalue weighted by Crippen LogP contribution is 2.68. The van der Waals surface area contributed by atoms with Crippen LogP contribution in [-0.4, -0.2) is 45.0 Å². The van der Waals surface area contributed by atoms with Gasteiger partial charge in [-0.2, -0.15) is 0 Å². The number of carbonyl (C=O) groups is 3. The highest BCUT2D eigenvalue weighted by atomic mass is 35.5. The average molecular weight is 616 g/mol. The SMILES string of the molecule is CC1(C)CC2(C1)N[C@@H](C(=O)NC13CCC(C(=O)O)(CC1)CC3)[C@H](c1cccc(Cl)c1F)[C@]21C(=O)Nc2cc(Cl)ncc21. The van der Waals surface area contributed by atoms with Gasteiger partial charge in [-0.15, -0.1) is 0 Å². The third-order valence-corrected chi connectivity index (χ3v) is 11.6. The van der Waals surface area contributed by atoms with E-state index < -0.39 is 45.7 Å². The maximum absolute atomic E-state index is 16.0. The smallest absolute Gasteiger partial charge is 0.309 e. The molecular weight excluding hydrogens is 582 g/mol. The Morgan fingerprint density at radius 3 is 2.38 bits per heavy atom. The molecule has 0 radical (unpaired) electrons. The number of carboxylic acids is 1. The van der Waals surface area contributed by atoms with Gasteiger partial charge in [-0.25, -0.2) is 9.37 Å². The summed E-state index contributed by atoms with van der Waals surface area (Å²) in [5, 5.41) is 19.9. The van der Waals surface area contributed by atoms with Crippen molar-refractivity contribution in [3.63, 3.8) is 0 Å². The zero-order chi connectivity index (χ0) is 29.9. The topological polar surface area (TPSA) is 120 Å². The Labute approximate surface area is 253 Å². The summed E-state index contributed by atoms with van der Waals surface area (Å²) in [5.41, 5.74) is -2.35. The molecule has 4 saturated carbocycles. The number of amides is 2. The van der Waals surface area contributed by atoms with Crippen molar-refractivity contribution >= 4 is 46.7 Å². The second-order valence-corrected chi connectivity index (χ2v) is 14.8. The van der Waals surface area contributed by atoms with E-state index in [9.17, 15) is 19.5 Å². The highest BCUT2D eigenvalue weighted by molar-refractivity contribution is 6.31. The van der Waals surface area contributed by atoms with Crippen LogP contribution in [0.2, 0.25) is 10.2 Å². The molecule has 8 nitrogen and oxygen atoms in total. The van der Waals surface area contributed by atoms with E-state index in [1.54, 1.807) is 24.4 Å². The second-order valence-electron chi connectivity index (χ2n) is 14.0. The molecule has 2 aliphatic heterocycles. The van der Waals surface area contributed by atoms with Crippen molar-refractivity contribution in [2.24, 2.45) is 10.8 Å². The first-order valence-corrected chi connectivity index (χ1v) is 15.3. The standard InChI is InChI=1S/C31H33Cl2FN4O4/c1-27(2)14-30(15-27)31(17-13-35-20(33)12-19(17)36-25(31)40)21(16-4-3-5-18(32)22(16)34)23(37-30)24(39)38-29-9-6-28(7-10-29,8-11-29)26(41)42/h3-5,12-13,21,23,37H,6-11,14-15H2,1-2H3,(H,36,40)(H,38,39)(H,41,42)/t21-,23+,28?,29?,31+/m0/s1. The molecule has 0 unspecified atom stereocenters. The summed E-state index contributed by atoms with van der Waals surface area (Å²) in [7, 11) is 0. The van der Waals surface area contributed by atoms with E-state index in [-0.39, 0.29) is 33.0 Å². The van der Waals surface area contributed by atoms with Crippen molar-refractivity contribution in [1.82, 2.24) is 15.6 Å². The van der Waals surface area contributed by atoms with E-state index in [2.05, 4.69) is 34.8 Å². The number of hydrogen-bond donors (Lipinski definition) is 4. The van der Waals surface area contributed by atoms with Gasteiger partial charge in [-0.1, -0.05) is 49.2 Å². The number of anilines is 1. The molecule has 1 aromatic carbocycles. The third-order valence-electron chi connectivity index (χ3n) is 11.1. The number of nitrogens with zero attached hydrogens (tertiary/aromatic N) is 1. The van der Waals surface area contributed by atoms with Gasteiger partial charge in [0, 0.05) is 34.4 Å². The number of carbonyl (C=O) groups excluding carboxylic acids is 2. The van der Waals surface area contributed by atoms with E-state index in [1.165, 1.54) is 6.07 Å². The molecular formula is C31H33Cl2FN4O4. The minimum absolute atomic E-state index is 0.0901. The first-order valence-electron chi connectivity index (χ1n) is 14.5. The lowest BCUT2D eigenvalue weighted by molar-refractivity contribution is -0.157. The summed E-state index contributed by atoms with van der Waals surface area (Å²) in [6.07, 6.45) is 5.89. The zero-order valence-corrected chi connectivity index (χ0v) is 25.0. The summed E-state index contributed by atoms with van der Waals surface area (Å²) < 4.78 is 16.0. The van der Waals surface area contributed by atoms with Crippen LogP contribution in [0.4, 0.5) is 10.1 Å². The number of aliphatic carboxylic acids is 1. The number of hydrogen-bond acceptors (Lipinski definition) is 5. The second kappa shape index (κ2) is 8.89. The van der Waals surface area contributed by atoms with Gasteiger partial charge in [-0.05, 0) is 74.5 Å². The molecule has 5 fully saturated rings. The number of nitrogens with one attached hydrogen (secondary N) is 3. The molecule has 4 N–H and O–H groups in total. The Hall–Kier alpha value is -2.75. The molecule has 4 aliphatic carbocycles. The molecule has 2 aromatic rings. The van der Waals surface area contributed by atoms with Crippen molar-refractivity contribution in [2.45, 2.75) is 93.7 Å². The van der Waals surface area contributed by atoms with Crippen LogP contribution in [0.1, 0.15) is 82.3 Å². The van der Waals surface area contributed by atoms with Crippen LogP contribution in [0.3, 0.4) is 0 Å². The van der Waals surface area contributed by atoms with Gasteiger partial charge in [-0.3, -0.25) is 19.7 Å². The Kier molecular flexibility index (Phi) is 5.94. The number of rotatable bonds is 4. The Balaban J connectivity index is 1.36. The molecule has 1 aromatic heterocycles. The minimum atomic E-state index is -1.36. The molecule has 11 heteroatoms. The molecule has 222 valence electrons. The van der Waals surface area contributed by atoms with E-state index in [1.807, 2.05) is 0 Å². The normalized spacial score (nSPS) is 35.1. The van der Waals surface area contributed by atoms with Crippen LogP contribution in [0.25, 0.3) is 0 Å². The molecule has 1 saturated heterocycles. The number of benzene rings is 1. The van der Waals surface area contributed by atoms with Crippen LogP contribution < -0.4 is 16.0 Å². The van der Waals surface area contributed by atoms with E-state index >= 15 is 4.39 Å². The molecule has 8 rings (SSSR count). The number of pyridine rings is 1. The first kappa shape index (κ1) is 28.0. The fourth-order valence-corrected chi connectivity index (χ4v) is 9.74. The lowest BCUT2D eigenvalue weighted by atomic mass is 9.46. The summed E-state index contributed by atoms with van der Waals surface area (Å²) in [5.74, 6) is -3.04. The van der Waals surface area contributed by atoms with Crippen LogP contribution in [-0.2, 0) is 19.8 Å². The van der Waals surface area contributed by atoms with Gasteiger partial charge in [0.25, 0.3) is 0 Å². The van der Waals surface area contributed by atoms with E-state index in [0.29, 0.717) is 62.6 Å². The summed E-state index contributed by atoms with van der Waals surface area (Å²) in [4.78, 5) is 45.2. The van der Waals surface area contributed by atoms with Crippen molar-refractivity contribution < 1.29 is 23.9 Å². The van der Waals surface area contributed by atoms with Crippen LogP contribution >= 0.6 is 23.2 Å². The number of aromatic nitrogens is 1. The van der Waals surface area contributed by atoms with Gasteiger partial charge in [0.15, 0.2) is 0 Å². The van der Waals surface area contributed by atoms with Gasteiger partial charge < -0.3 is 15.7 Å². The largest absolute Gasteiger partial charge is 0.481 e. The van der Waals surface area contributed by atoms with Gasteiger partial charge in [0.1, 0.15) is 16.4 Å². The predicted octanol–water partition coefficient (Wildman–Crippen LogP) is 5.33. The Morgan fingerprint density at radius 1 is 1.10 bits per heavy atom. The predicted molar refractivity (Wildman–Crippen MR) is 155 cm³/mol. The molecule has 2 bridgehead atoms. The average Bonchev–Trinajstić information content (AvgIpc) is 3.38. The third kappa shape index (κ3) is 3.62. The minimum Gasteiger partial charge on any atom is -0.481 e. The Bertz CT molecular complexity index is 1530. The molecule has 3 atom stereocenters. The van der Waals surface area contributed by atoms with E-state index in [4.69, 9.17) is 23.2 Å². The number of carboxylic acid groups (broad SMARTS) is 1. The van der Waals surface area contributed by atoms with Gasteiger partial charge in [0.05, 0.1) is 16.5 Å². The lowest BCUT2D eigenvalue weighted by Gasteiger charge is -2.58. The molecule has 42 heavy (non-hydrogen) atoms. The monoisotopic (exact) mass is 614 g/mol. The lowest BCUT2D eigenvalue weighted by Crippen LogP contribution is -2.68. The van der Waals surface area contributed by atoms with Crippen molar-refractivity contribution in [3.05, 3.63) is 57.6 Å². The fraction of sp³-hybridized carbons (Fsp3) is 0.548. The number of fused-ring (bicyclic) bond motifs is 6. The van der Waals surface area contributed by atoms with Gasteiger partial charge in [0.2, 0.25) is 11.8 Å². The summed E-state index contributed by atoms with van der Waals surface area (Å²) in [6, 6.07) is 5.32. The molecule has 6 aliphatic rings.